The molecule has 1 heterocycles. The smallest absolute Gasteiger partial charge is 0.390 e. The molecule has 2 fully saturated rings. The van der Waals surface area contributed by atoms with Gasteiger partial charge < -0.3 is 5.11 Å². The van der Waals surface area contributed by atoms with Crippen LogP contribution in [0.5, 0.6) is 0 Å². The number of carbonyl (C=O) groups is 1. The van der Waals surface area contributed by atoms with Gasteiger partial charge in [0.1, 0.15) is 6.54 Å². The second-order valence-electron chi connectivity index (χ2n) is 10.5. The topological polar surface area (TPSA) is 90.0 Å². The van der Waals surface area contributed by atoms with E-state index in [4.69, 9.17) is 0 Å². The largest absolute Gasteiger partial charge is 0.510 e. The number of nitrogens with zero attached hydrogens (tertiary/aromatic N) is 4. The maximum absolute atomic E-state index is 12.9. The van der Waals surface area contributed by atoms with Gasteiger partial charge in [-0.25, -0.2) is 4.79 Å². The number of carbonyl (C=O) groups excluding carboxylic acids is 1. The molecule has 0 amide bonds. The van der Waals surface area contributed by atoms with Gasteiger partial charge in [-0.15, -0.1) is 13.2 Å². The van der Waals surface area contributed by atoms with Gasteiger partial charge in [0.25, 0.3) is 0 Å². The van der Waals surface area contributed by atoms with Crippen LogP contribution in [0.25, 0.3) is 0 Å². The van der Waals surface area contributed by atoms with E-state index in [1.54, 1.807) is 0 Å². The van der Waals surface area contributed by atoms with Crippen molar-refractivity contribution in [2.45, 2.75) is 109 Å². The van der Waals surface area contributed by atoms with Crippen LogP contribution >= 0.6 is 0 Å². The lowest BCUT2D eigenvalue weighted by atomic mass is 9.72. The molecule has 2 unspecified atom stereocenters. The zero-order valence-electron chi connectivity index (χ0n) is 19.7. The van der Waals surface area contributed by atoms with Crippen LogP contribution in [0.15, 0.2) is 4.79 Å². The highest BCUT2D eigenvalue weighted by Gasteiger charge is 2.37. The Morgan fingerprint density at radius 2 is 1.73 bits per heavy atom. The molecule has 5 atom stereocenters. The standard InChI is InChI=1S/C23H37F3N4O3/c1-16-11-12-18(20(31)15-29-21(32)30(28-27-29)23(24,25)26)8-5-7-17-9-6-14-22(2,33)13-4-3-10-19(16)17/h16-19,33H,3-15H2,1-2H3/t16?,17?,18-,19+,22+/m1/s1. The minimum absolute atomic E-state index is 0.248. The number of fused-ring (bicyclic) bond motifs is 1. The van der Waals surface area contributed by atoms with Crippen LogP contribution in [0.3, 0.4) is 0 Å². The molecule has 1 aromatic rings. The molecular formula is C23H37F3N4O3. The average molecular weight is 475 g/mol. The van der Waals surface area contributed by atoms with Crippen molar-refractivity contribution in [1.82, 2.24) is 19.8 Å². The van der Waals surface area contributed by atoms with Gasteiger partial charge in [-0.2, -0.15) is 4.68 Å². The van der Waals surface area contributed by atoms with E-state index in [0.29, 0.717) is 35.3 Å². The van der Waals surface area contributed by atoms with Gasteiger partial charge in [0.05, 0.1) is 5.60 Å². The van der Waals surface area contributed by atoms with Gasteiger partial charge in [0.2, 0.25) is 0 Å². The van der Waals surface area contributed by atoms with E-state index in [-0.39, 0.29) is 11.7 Å². The summed E-state index contributed by atoms with van der Waals surface area (Å²) in [4.78, 5) is 24.8. The molecule has 0 bridgehead atoms. The third-order valence-corrected chi connectivity index (χ3v) is 7.87. The van der Waals surface area contributed by atoms with E-state index in [1.807, 2.05) is 6.92 Å². The van der Waals surface area contributed by atoms with Crippen molar-refractivity contribution in [3.63, 3.8) is 0 Å². The highest BCUT2D eigenvalue weighted by molar-refractivity contribution is 5.80. The average Bonchev–Trinajstić information content (AvgIpc) is 3.11. The number of Topliss-reactive ketones (excluding diaryl/α,β-unsaturated/α-hetero) is 1. The molecule has 0 spiro atoms. The Morgan fingerprint density at radius 3 is 2.42 bits per heavy atom. The summed E-state index contributed by atoms with van der Waals surface area (Å²) in [6, 6.07) is 0. The maximum atomic E-state index is 12.9. The highest BCUT2D eigenvalue weighted by Crippen LogP contribution is 2.40. The fourth-order valence-electron chi connectivity index (χ4n) is 5.89. The van der Waals surface area contributed by atoms with Crippen molar-refractivity contribution < 1.29 is 23.1 Å². The Kier molecular flexibility index (Phi) is 8.40. The van der Waals surface area contributed by atoms with Gasteiger partial charge >= 0.3 is 12.0 Å². The van der Waals surface area contributed by atoms with E-state index in [1.165, 1.54) is 0 Å². The number of halogens is 3. The molecule has 2 saturated carbocycles. The lowest BCUT2D eigenvalue weighted by Gasteiger charge is -2.34. The predicted molar refractivity (Wildman–Crippen MR) is 116 cm³/mol. The SMILES string of the molecule is CC1CC[C@H](C(=O)Cn2nnn(C(F)(F)F)c2=O)CCCC2CCC[C@@](C)(O)CCCC[C@@H]12. The number of aromatic nitrogens is 4. The number of rotatable bonds is 3. The van der Waals surface area contributed by atoms with Crippen molar-refractivity contribution in [2.24, 2.45) is 23.7 Å². The Hall–Kier alpha value is -1.71. The number of alkyl halides is 3. The second-order valence-corrected chi connectivity index (χ2v) is 10.5. The molecule has 7 nitrogen and oxygen atoms in total. The van der Waals surface area contributed by atoms with Crippen molar-refractivity contribution in [1.29, 1.82) is 0 Å². The molecule has 188 valence electrons. The van der Waals surface area contributed by atoms with Crippen LogP contribution in [0.4, 0.5) is 13.2 Å². The minimum Gasteiger partial charge on any atom is -0.390 e. The summed E-state index contributed by atoms with van der Waals surface area (Å²) in [7, 11) is 0. The number of hydrogen-bond donors (Lipinski definition) is 1. The maximum Gasteiger partial charge on any atom is 0.510 e. The first kappa shape index (κ1) is 25.9. The summed E-state index contributed by atoms with van der Waals surface area (Å²) in [5.41, 5.74) is -2.02. The molecule has 2 aliphatic carbocycles. The molecular weight excluding hydrogens is 437 g/mol. The lowest BCUT2D eigenvalue weighted by molar-refractivity contribution is -0.215. The van der Waals surface area contributed by atoms with Crippen LogP contribution in [-0.2, 0) is 17.6 Å². The summed E-state index contributed by atoms with van der Waals surface area (Å²) < 4.78 is 38.2. The molecule has 0 radical (unpaired) electrons. The quantitative estimate of drug-likeness (QED) is 0.700. The van der Waals surface area contributed by atoms with Gasteiger partial charge in [-0.05, 0) is 73.6 Å². The van der Waals surface area contributed by atoms with Gasteiger partial charge in [0, 0.05) is 5.92 Å². The Labute approximate surface area is 192 Å². The molecule has 1 N–H and O–H groups in total. The predicted octanol–water partition coefficient (Wildman–Crippen LogP) is 4.43. The van der Waals surface area contributed by atoms with E-state index < -0.39 is 28.8 Å². The molecule has 0 saturated heterocycles. The van der Waals surface area contributed by atoms with Crippen molar-refractivity contribution in [3.05, 3.63) is 10.5 Å². The zero-order valence-corrected chi connectivity index (χ0v) is 19.7. The second kappa shape index (κ2) is 10.7. The molecule has 2 aliphatic rings. The normalized spacial score (nSPS) is 32.8. The lowest BCUT2D eigenvalue weighted by Crippen LogP contribution is -2.35. The summed E-state index contributed by atoms with van der Waals surface area (Å²) in [5, 5.41) is 16.7. The molecule has 1 aromatic heterocycles. The zero-order chi connectivity index (χ0) is 24.2. The van der Waals surface area contributed by atoms with Gasteiger partial charge in [-0.1, -0.05) is 50.1 Å². The molecule has 0 aromatic carbocycles. The van der Waals surface area contributed by atoms with Gasteiger partial charge in [0.15, 0.2) is 5.78 Å². The van der Waals surface area contributed by atoms with Crippen LogP contribution < -0.4 is 5.69 Å². The van der Waals surface area contributed by atoms with E-state index in [9.17, 15) is 27.9 Å². The number of hydrogen-bond acceptors (Lipinski definition) is 5. The first-order valence-electron chi connectivity index (χ1n) is 12.3. The van der Waals surface area contributed by atoms with Crippen LogP contribution in [0.2, 0.25) is 0 Å². The first-order chi connectivity index (χ1) is 15.5. The highest BCUT2D eigenvalue weighted by atomic mass is 19.4. The van der Waals surface area contributed by atoms with E-state index in [0.717, 1.165) is 64.2 Å². The summed E-state index contributed by atoms with van der Waals surface area (Å²) in [6.45, 7) is 3.72. The Bertz CT molecular complexity index is 849. The van der Waals surface area contributed by atoms with Crippen LogP contribution in [-0.4, -0.2) is 36.3 Å². The monoisotopic (exact) mass is 474 g/mol. The third kappa shape index (κ3) is 6.90. The first-order valence-corrected chi connectivity index (χ1v) is 12.3. The fraction of sp³-hybridized carbons (Fsp3) is 0.913. The molecule has 0 aliphatic heterocycles. The molecule has 3 rings (SSSR count). The Morgan fingerprint density at radius 1 is 1.03 bits per heavy atom. The van der Waals surface area contributed by atoms with Crippen LogP contribution in [0, 0.1) is 23.7 Å². The van der Waals surface area contributed by atoms with Crippen molar-refractivity contribution >= 4 is 5.78 Å². The Balaban J connectivity index is 1.66. The van der Waals surface area contributed by atoms with Crippen molar-refractivity contribution in [3.8, 4) is 0 Å². The number of ketones is 1. The summed E-state index contributed by atoms with van der Waals surface area (Å²) in [5.74, 6) is 1.08. The summed E-state index contributed by atoms with van der Waals surface area (Å²) in [6.07, 6.45) is 6.19. The van der Waals surface area contributed by atoms with E-state index >= 15 is 0 Å². The minimum atomic E-state index is -4.95. The van der Waals surface area contributed by atoms with Gasteiger partial charge in [-0.3, -0.25) is 4.79 Å². The number of aliphatic hydroxyl groups is 1. The van der Waals surface area contributed by atoms with Crippen molar-refractivity contribution in [2.75, 3.05) is 0 Å². The fourth-order valence-corrected chi connectivity index (χ4v) is 5.89. The molecule has 10 heteroatoms. The summed E-state index contributed by atoms with van der Waals surface area (Å²) >= 11 is 0. The van der Waals surface area contributed by atoms with Crippen LogP contribution in [0.1, 0.15) is 90.9 Å². The van der Waals surface area contributed by atoms with E-state index in [2.05, 4.69) is 17.4 Å². The number of tetrazole rings is 1. The third-order valence-electron chi connectivity index (χ3n) is 7.87. The molecule has 33 heavy (non-hydrogen) atoms.